The first-order chi connectivity index (χ1) is 11.3. The van der Waals surface area contributed by atoms with Crippen LogP contribution in [0, 0.1) is 11.3 Å². The lowest BCUT2D eigenvalue weighted by atomic mass is 10.0. The first kappa shape index (κ1) is 14.9. The Balaban J connectivity index is 1.23. The van der Waals surface area contributed by atoms with E-state index in [2.05, 4.69) is 70.9 Å². The predicted molar refractivity (Wildman–Crippen MR) is 95.0 cm³/mol. The standard InChI is InChI=1S/C21H26N2/c1-3-7-18(8-4-1)14-22-15-20-13-21(20)11-12-23(17-21)16-19-9-5-2-6-10-19/h1-10,20,22H,11-17H2. The molecule has 1 spiro atoms. The third-order valence-corrected chi connectivity index (χ3v) is 5.63. The zero-order valence-corrected chi connectivity index (χ0v) is 13.7. The van der Waals surface area contributed by atoms with Crippen molar-refractivity contribution in [2.45, 2.75) is 25.9 Å². The molecule has 2 aromatic carbocycles. The highest BCUT2D eigenvalue weighted by molar-refractivity contribution is 5.17. The Labute approximate surface area is 139 Å². The van der Waals surface area contributed by atoms with Crippen LogP contribution in [0.15, 0.2) is 60.7 Å². The Morgan fingerprint density at radius 3 is 2.39 bits per heavy atom. The third-order valence-electron chi connectivity index (χ3n) is 5.63. The van der Waals surface area contributed by atoms with Crippen molar-refractivity contribution in [2.75, 3.05) is 19.6 Å². The van der Waals surface area contributed by atoms with E-state index in [0.717, 1.165) is 19.0 Å². The van der Waals surface area contributed by atoms with E-state index >= 15 is 0 Å². The van der Waals surface area contributed by atoms with Crippen molar-refractivity contribution in [1.82, 2.24) is 10.2 Å². The van der Waals surface area contributed by atoms with Crippen molar-refractivity contribution >= 4 is 0 Å². The van der Waals surface area contributed by atoms with Gasteiger partial charge in [-0.25, -0.2) is 0 Å². The lowest BCUT2D eigenvalue weighted by molar-refractivity contribution is 0.305. The average Bonchev–Trinajstić information content (AvgIpc) is 3.10. The van der Waals surface area contributed by atoms with Gasteiger partial charge in [0.05, 0.1) is 0 Å². The minimum Gasteiger partial charge on any atom is -0.312 e. The molecule has 1 saturated heterocycles. The smallest absolute Gasteiger partial charge is 0.0233 e. The van der Waals surface area contributed by atoms with Gasteiger partial charge in [-0.3, -0.25) is 4.90 Å². The van der Waals surface area contributed by atoms with E-state index in [1.54, 1.807) is 0 Å². The number of nitrogens with zero attached hydrogens (tertiary/aromatic N) is 1. The SMILES string of the molecule is c1ccc(CNCC2CC23CCN(Cc2ccccc2)C3)cc1. The molecule has 2 unspecified atom stereocenters. The second-order valence-electron chi connectivity index (χ2n) is 7.33. The summed E-state index contributed by atoms with van der Waals surface area (Å²) in [4.78, 5) is 2.65. The molecule has 0 aromatic heterocycles. The molecule has 120 valence electrons. The molecule has 2 fully saturated rings. The first-order valence-corrected chi connectivity index (χ1v) is 8.85. The molecule has 2 nitrogen and oxygen atoms in total. The van der Waals surface area contributed by atoms with Crippen molar-refractivity contribution in [2.24, 2.45) is 11.3 Å². The van der Waals surface area contributed by atoms with Crippen molar-refractivity contribution in [3.05, 3.63) is 71.8 Å². The van der Waals surface area contributed by atoms with Crippen LogP contribution in [-0.2, 0) is 13.1 Å². The molecule has 2 heteroatoms. The van der Waals surface area contributed by atoms with Gasteiger partial charge in [-0.1, -0.05) is 60.7 Å². The quantitative estimate of drug-likeness (QED) is 0.875. The summed E-state index contributed by atoms with van der Waals surface area (Å²) in [7, 11) is 0. The topological polar surface area (TPSA) is 15.3 Å². The van der Waals surface area contributed by atoms with Gasteiger partial charge in [0.2, 0.25) is 0 Å². The summed E-state index contributed by atoms with van der Waals surface area (Å²) in [6.45, 7) is 5.85. The number of benzene rings is 2. The fraction of sp³-hybridized carbons (Fsp3) is 0.429. The van der Waals surface area contributed by atoms with E-state index < -0.39 is 0 Å². The van der Waals surface area contributed by atoms with Gasteiger partial charge in [0.15, 0.2) is 0 Å². The number of hydrogen-bond acceptors (Lipinski definition) is 2. The number of likely N-dealkylation sites (tertiary alicyclic amines) is 1. The lowest BCUT2D eigenvalue weighted by Crippen LogP contribution is -2.23. The van der Waals surface area contributed by atoms with Gasteiger partial charge in [-0.15, -0.1) is 0 Å². The number of hydrogen-bond donors (Lipinski definition) is 1. The molecular formula is C21H26N2. The molecule has 23 heavy (non-hydrogen) atoms. The van der Waals surface area contributed by atoms with E-state index in [9.17, 15) is 0 Å². The van der Waals surface area contributed by atoms with Crippen molar-refractivity contribution < 1.29 is 0 Å². The minimum absolute atomic E-state index is 0.623. The molecule has 1 aliphatic heterocycles. The normalized spacial score (nSPS) is 26.7. The zero-order chi connectivity index (χ0) is 15.5. The van der Waals surface area contributed by atoms with Crippen LogP contribution < -0.4 is 5.32 Å². The predicted octanol–water partition coefficient (Wildman–Crippen LogP) is 3.69. The molecule has 2 aliphatic rings. The molecule has 0 amide bonds. The Morgan fingerprint density at radius 2 is 1.65 bits per heavy atom. The fourth-order valence-corrected chi connectivity index (χ4v) is 4.17. The summed E-state index contributed by atoms with van der Waals surface area (Å²) < 4.78 is 0. The van der Waals surface area contributed by atoms with Crippen LogP contribution >= 0.6 is 0 Å². The molecule has 1 N–H and O–H groups in total. The van der Waals surface area contributed by atoms with Gasteiger partial charge >= 0.3 is 0 Å². The summed E-state index contributed by atoms with van der Waals surface area (Å²) in [5, 5.41) is 3.66. The maximum atomic E-state index is 3.66. The zero-order valence-electron chi connectivity index (χ0n) is 13.7. The molecule has 2 atom stereocenters. The van der Waals surface area contributed by atoms with Gasteiger partial charge in [-0.05, 0) is 48.4 Å². The van der Waals surface area contributed by atoms with Crippen LogP contribution in [0.2, 0.25) is 0 Å². The van der Waals surface area contributed by atoms with Crippen LogP contribution in [0.25, 0.3) is 0 Å². The third kappa shape index (κ3) is 3.49. The van der Waals surface area contributed by atoms with Crippen molar-refractivity contribution in [3.63, 3.8) is 0 Å². The van der Waals surface area contributed by atoms with Gasteiger partial charge in [0.25, 0.3) is 0 Å². The molecule has 1 saturated carbocycles. The van der Waals surface area contributed by atoms with Gasteiger partial charge in [-0.2, -0.15) is 0 Å². The molecule has 1 aliphatic carbocycles. The van der Waals surface area contributed by atoms with Crippen LogP contribution in [0.5, 0.6) is 0 Å². The van der Waals surface area contributed by atoms with Crippen LogP contribution in [-0.4, -0.2) is 24.5 Å². The summed E-state index contributed by atoms with van der Waals surface area (Å²) in [5.41, 5.74) is 3.46. The van der Waals surface area contributed by atoms with E-state index in [1.807, 2.05) is 0 Å². The maximum absolute atomic E-state index is 3.66. The Kier molecular flexibility index (Phi) is 4.19. The largest absolute Gasteiger partial charge is 0.312 e. The highest BCUT2D eigenvalue weighted by atomic mass is 15.2. The van der Waals surface area contributed by atoms with Crippen LogP contribution in [0.3, 0.4) is 0 Å². The average molecular weight is 306 g/mol. The Bertz CT molecular complexity index is 625. The van der Waals surface area contributed by atoms with Gasteiger partial charge < -0.3 is 5.32 Å². The van der Waals surface area contributed by atoms with Gasteiger partial charge in [0, 0.05) is 19.6 Å². The Morgan fingerprint density at radius 1 is 0.957 bits per heavy atom. The monoisotopic (exact) mass is 306 g/mol. The highest BCUT2D eigenvalue weighted by Crippen LogP contribution is 2.58. The minimum atomic E-state index is 0.623. The van der Waals surface area contributed by atoms with Crippen molar-refractivity contribution in [3.8, 4) is 0 Å². The summed E-state index contributed by atoms with van der Waals surface area (Å²) in [6.07, 6.45) is 2.80. The molecule has 1 heterocycles. The first-order valence-electron chi connectivity index (χ1n) is 8.85. The van der Waals surface area contributed by atoms with Crippen LogP contribution in [0.1, 0.15) is 24.0 Å². The fourth-order valence-electron chi connectivity index (χ4n) is 4.17. The molecule has 0 bridgehead atoms. The second-order valence-corrected chi connectivity index (χ2v) is 7.33. The molecule has 0 radical (unpaired) electrons. The molecule has 2 aromatic rings. The van der Waals surface area contributed by atoms with Gasteiger partial charge in [0.1, 0.15) is 0 Å². The van der Waals surface area contributed by atoms with E-state index in [-0.39, 0.29) is 0 Å². The van der Waals surface area contributed by atoms with Crippen LogP contribution in [0.4, 0.5) is 0 Å². The highest BCUT2D eigenvalue weighted by Gasteiger charge is 2.56. The Hall–Kier alpha value is -1.64. The van der Waals surface area contributed by atoms with Crippen molar-refractivity contribution in [1.29, 1.82) is 0 Å². The lowest BCUT2D eigenvalue weighted by Gasteiger charge is -2.16. The summed E-state index contributed by atoms with van der Waals surface area (Å²) in [6, 6.07) is 21.6. The maximum Gasteiger partial charge on any atom is 0.0233 e. The summed E-state index contributed by atoms with van der Waals surface area (Å²) >= 11 is 0. The van der Waals surface area contributed by atoms with E-state index in [4.69, 9.17) is 0 Å². The number of nitrogens with one attached hydrogen (secondary N) is 1. The van der Waals surface area contributed by atoms with E-state index in [0.29, 0.717) is 5.41 Å². The summed E-state index contributed by atoms with van der Waals surface area (Å²) in [5.74, 6) is 0.881. The van der Waals surface area contributed by atoms with E-state index in [1.165, 1.54) is 43.6 Å². The molecular weight excluding hydrogens is 280 g/mol. The number of rotatable bonds is 6. The second kappa shape index (κ2) is 6.46. The molecule has 4 rings (SSSR count).